The van der Waals surface area contributed by atoms with Crippen molar-refractivity contribution >= 4 is 49.4 Å². The molecule has 0 amide bonds. The summed E-state index contributed by atoms with van der Waals surface area (Å²) in [4.78, 5) is 16.6. The number of fused-ring (bicyclic) bond motifs is 6. The van der Waals surface area contributed by atoms with E-state index >= 15 is 0 Å². The van der Waals surface area contributed by atoms with Crippen molar-refractivity contribution in [2.45, 2.75) is 12.8 Å². The number of furan rings is 1. The molecule has 0 fully saturated rings. The molecule has 44 heavy (non-hydrogen) atoms. The summed E-state index contributed by atoms with van der Waals surface area (Å²) in [5.74, 6) is 2.02. The van der Waals surface area contributed by atoms with Crippen LogP contribution in [0.3, 0.4) is 0 Å². The van der Waals surface area contributed by atoms with Gasteiger partial charge in [-0.25, -0.2) is 15.0 Å². The van der Waals surface area contributed by atoms with E-state index in [-0.39, 0.29) is 0 Å². The topological polar surface area (TPSA) is 51.8 Å². The van der Waals surface area contributed by atoms with Gasteiger partial charge in [-0.3, -0.25) is 0 Å². The highest BCUT2D eigenvalue weighted by molar-refractivity contribution is 7.20. The first-order valence-electron chi connectivity index (χ1n) is 14.8. The zero-order chi connectivity index (χ0) is 29.0. The van der Waals surface area contributed by atoms with E-state index in [0.29, 0.717) is 17.5 Å². The fraction of sp³-hybridized carbons (Fsp3) is 0.0513. The Labute approximate surface area is 258 Å². The zero-order valence-electron chi connectivity index (χ0n) is 23.7. The molecular formula is C39H25N3OS. The number of nitrogens with zero attached hydrogens (tertiary/aromatic N) is 3. The van der Waals surface area contributed by atoms with Crippen molar-refractivity contribution in [3.63, 3.8) is 0 Å². The van der Waals surface area contributed by atoms with E-state index in [4.69, 9.17) is 19.4 Å². The van der Waals surface area contributed by atoms with Crippen molar-refractivity contribution in [3.05, 3.63) is 132 Å². The fourth-order valence-corrected chi connectivity index (χ4v) is 7.61. The summed E-state index contributed by atoms with van der Waals surface area (Å²) in [6.45, 7) is 0. The molecule has 5 aromatic carbocycles. The number of benzene rings is 5. The number of hydrogen-bond acceptors (Lipinski definition) is 5. The molecule has 0 radical (unpaired) electrons. The Morgan fingerprint density at radius 2 is 1.27 bits per heavy atom. The van der Waals surface area contributed by atoms with E-state index in [9.17, 15) is 0 Å². The molecule has 0 saturated heterocycles. The Kier molecular flexibility index (Phi) is 5.78. The Morgan fingerprint density at radius 3 is 2.20 bits per heavy atom. The third-order valence-corrected chi connectivity index (χ3v) is 9.58. The number of allylic oxidation sites excluding steroid dienone is 1. The Morgan fingerprint density at radius 1 is 0.568 bits per heavy atom. The van der Waals surface area contributed by atoms with E-state index in [2.05, 4.69) is 91.0 Å². The van der Waals surface area contributed by atoms with Crippen LogP contribution in [-0.4, -0.2) is 15.0 Å². The minimum Gasteiger partial charge on any atom is -0.456 e. The molecule has 208 valence electrons. The van der Waals surface area contributed by atoms with Gasteiger partial charge in [0.25, 0.3) is 0 Å². The maximum Gasteiger partial charge on any atom is 0.164 e. The van der Waals surface area contributed by atoms with Gasteiger partial charge in [0, 0.05) is 42.4 Å². The van der Waals surface area contributed by atoms with Gasteiger partial charge in [0.15, 0.2) is 17.5 Å². The largest absolute Gasteiger partial charge is 0.456 e. The van der Waals surface area contributed by atoms with Crippen LogP contribution in [0.5, 0.6) is 0 Å². The van der Waals surface area contributed by atoms with Crippen molar-refractivity contribution in [2.24, 2.45) is 0 Å². The molecule has 1 aliphatic rings. The quantitative estimate of drug-likeness (QED) is 0.207. The highest BCUT2D eigenvalue weighted by atomic mass is 32.1. The van der Waals surface area contributed by atoms with Crippen LogP contribution in [-0.2, 0) is 6.42 Å². The fourth-order valence-electron chi connectivity index (χ4n) is 6.40. The summed E-state index contributed by atoms with van der Waals surface area (Å²) in [6, 6.07) is 39.6. The predicted molar refractivity (Wildman–Crippen MR) is 182 cm³/mol. The Balaban J connectivity index is 1.25. The lowest BCUT2D eigenvalue weighted by Crippen LogP contribution is -2.01. The van der Waals surface area contributed by atoms with Crippen molar-refractivity contribution in [2.75, 3.05) is 0 Å². The molecule has 0 aliphatic heterocycles. The molecule has 0 saturated carbocycles. The molecule has 5 heteroatoms. The highest BCUT2D eigenvalue weighted by Crippen LogP contribution is 2.41. The molecule has 0 bridgehead atoms. The summed E-state index contributed by atoms with van der Waals surface area (Å²) in [7, 11) is 0. The van der Waals surface area contributed by atoms with Crippen LogP contribution < -0.4 is 0 Å². The summed E-state index contributed by atoms with van der Waals surface area (Å²) in [5, 5.41) is 3.49. The van der Waals surface area contributed by atoms with E-state index in [1.807, 2.05) is 47.7 Å². The van der Waals surface area contributed by atoms with Crippen LogP contribution in [0.15, 0.2) is 126 Å². The molecule has 3 heterocycles. The normalized spacial score (nSPS) is 12.7. The molecule has 0 unspecified atom stereocenters. The SMILES string of the molecule is C1=Cc2sc3cccc(-c4nc(-c5ccccc5)nc(-c5cccc(-c6cccc7oc8ccccc8c67)c5)n4)c3c2CC1. The number of thiophene rings is 1. The smallest absolute Gasteiger partial charge is 0.164 e. The van der Waals surface area contributed by atoms with Crippen LogP contribution >= 0.6 is 11.3 Å². The first kappa shape index (κ1) is 25.1. The second-order valence-electron chi connectivity index (χ2n) is 11.1. The standard InChI is InChI=1S/C39H25N3OS/c1-2-11-24(12-3-1)37-40-38(42-39(41-37)30-18-10-22-34-36(30)29-16-5-7-21-33(29)44-34)26-14-8-13-25(23-26)27-17-9-20-32-35(27)28-15-4-6-19-31(28)43-32/h1-4,6-15,17-23H,5,16H2. The van der Waals surface area contributed by atoms with E-state index in [0.717, 1.165) is 62.6 Å². The minimum atomic E-state index is 0.654. The third kappa shape index (κ3) is 4.08. The first-order valence-corrected chi connectivity index (χ1v) is 15.7. The molecule has 4 nitrogen and oxygen atoms in total. The van der Waals surface area contributed by atoms with Crippen molar-refractivity contribution < 1.29 is 4.42 Å². The molecule has 0 atom stereocenters. The average Bonchev–Trinajstić information content (AvgIpc) is 3.67. The van der Waals surface area contributed by atoms with Gasteiger partial charge >= 0.3 is 0 Å². The number of hydrogen-bond donors (Lipinski definition) is 0. The van der Waals surface area contributed by atoms with Crippen molar-refractivity contribution in [1.29, 1.82) is 0 Å². The number of aromatic nitrogens is 3. The lowest BCUT2D eigenvalue weighted by atomic mass is 9.97. The van der Waals surface area contributed by atoms with Crippen molar-refractivity contribution in [3.8, 4) is 45.3 Å². The Hall–Kier alpha value is -5.39. The van der Waals surface area contributed by atoms with Crippen molar-refractivity contribution in [1.82, 2.24) is 15.0 Å². The predicted octanol–water partition coefficient (Wildman–Crippen LogP) is 10.6. The number of para-hydroxylation sites is 1. The summed E-state index contributed by atoms with van der Waals surface area (Å²) < 4.78 is 7.46. The van der Waals surface area contributed by atoms with Gasteiger partial charge in [-0.1, -0.05) is 97.1 Å². The Bertz CT molecular complexity index is 2400. The average molecular weight is 584 g/mol. The van der Waals surface area contributed by atoms with E-state index in [1.54, 1.807) is 0 Å². The van der Waals surface area contributed by atoms with Crippen LogP contribution in [0.25, 0.3) is 83.4 Å². The monoisotopic (exact) mass is 583 g/mol. The van der Waals surface area contributed by atoms with Crippen LogP contribution in [0, 0.1) is 0 Å². The number of aryl methyl sites for hydroxylation is 1. The third-order valence-electron chi connectivity index (χ3n) is 8.42. The van der Waals surface area contributed by atoms with E-state index < -0.39 is 0 Å². The highest BCUT2D eigenvalue weighted by Gasteiger charge is 2.20. The molecule has 9 rings (SSSR count). The molecule has 3 aromatic heterocycles. The molecule has 0 spiro atoms. The lowest BCUT2D eigenvalue weighted by molar-refractivity contribution is 0.669. The molecule has 1 aliphatic carbocycles. The maximum atomic E-state index is 6.19. The molecular weight excluding hydrogens is 559 g/mol. The van der Waals surface area contributed by atoms with Gasteiger partial charge in [-0.2, -0.15) is 0 Å². The van der Waals surface area contributed by atoms with Gasteiger partial charge in [0.1, 0.15) is 11.2 Å². The van der Waals surface area contributed by atoms with Gasteiger partial charge in [-0.05, 0) is 59.9 Å². The molecule has 0 N–H and O–H groups in total. The van der Waals surface area contributed by atoms with Gasteiger partial charge in [0.05, 0.1) is 0 Å². The molecule has 8 aromatic rings. The summed E-state index contributed by atoms with van der Waals surface area (Å²) in [5.41, 5.74) is 8.33. The lowest BCUT2D eigenvalue weighted by Gasteiger charge is -2.12. The van der Waals surface area contributed by atoms with Gasteiger partial charge in [-0.15, -0.1) is 11.3 Å². The van der Waals surface area contributed by atoms with E-state index in [1.165, 1.54) is 20.5 Å². The summed E-state index contributed by atoms with van der Waals surface area (Å²) in [6.07, 6.45) is 6.61. The number of rotatable bonds is 4. The summed E-state index contributed by atoms with van der Waals surface area (Å²) >= 11 is 1.85. The minimum absolute atomic E-state index is 0.654. The van der Waals surface area contributed by atoms with Gasteiger partial charge in [0.2, 0.25) is 0 Å². The van der Waals surface area contributed by atoms with Crippen LogP contribution in [0.1, 0.15) is 16.9 Å². The van der Waals surface area contributed by atoms with Gasteiger partial charge < -0.3 is 4.42 Å². The second-order valence-corrected chi connectivity index (χ2v) is 12.2. The first-order chi connectivity index (χ1) is 21.8. The second kappa shape index (κ2) is 10.1. The van der Waals surface area contributed by atoms with Crippen LogP contribution in [0.2, 0.25) is 0 Å². The zero-order valence-corrected chi connectivity index (χ0v) is 24.5. The van der Waals surface area contributed by atoms with Crippen LogP contribution in [0.4, 0.5) is 0 Å². The maximum absolute atomic E-state index is 6.19.